The van der Waals surface area contributed by atoms with Gasteiger partial charge in [0, 0.05) is 70.4 Å². The summed E-state index contributed by atoms with van der Waals surface area (Å²) in [5.74, 6) is 0.625. The number of fused-ring (bicyclic) bond motifs is 2. The van der Waals surface area contributed by atoms with Crippen molar-refractivity contribution in [3.8, 4) is 11.8 Å². The second-order valence-corrected chi connectivity index (χ2v) is 9.53. The number of nitriles is 1. The number of carbonyl (C=O) groups excluding carboxylic acids is 1. The van der Waals surface area contributed by atoms with Crippen LogP contribution < -0.4 is 30.3 Å². The first-order chi connectivity index (χ1) is 17.3. The van der Waals surface area contributed by atoms with Gasteiger partial charge in [0.15, 0.2) is 0 Å². The van der Waals surface area contributed by atoms with Gasteiger partial charge in [-0.15, -0.1) is 0 Å². The molecule has 1 saturated heterocycles. The molecule has 9 heteroatoms. The molecule has 0 aliphatic carbocycles. The minimum absolute atomic E-state index is 0.0283. The molecule has 0 saturated carbocycles. The zero-order valence-electron chi connectivity index (χ0n) is 21.3. The van der Waals surface area contributed by atoms with Gasteiger partial charge in [-0.3, -0.25) is 9.59 Å². The Kier molecular flexibility index (Phi) is 5.75. The zero-order chi connectivity index (χ0) is 25.7. The van der Waals surface area contributed by atoms with Crippen LogP contribution in [0.2, 0.25) is 0 Å². The molecule has 0 unspecified atom stereocenters. The van der Waals surface area contributed by atoms with Crippen LogP contribution >= 0.6 is 0 Å². The van der Waals surface area contributed by atoms with Gasteiger partial charge in [-0.25, -0.2) is 0 Å². The molecule has 1 fully saturated rings. The number of ether oxygens (including phenoxy) is 1. The second kappa shape index (κ2) is 8.79. The molecule has 9 nitrogen and oxygen atoms in total. The minimum atomic E-state index is -0.0650. The van der Waals surface area contributed by atoms with Crippen LogP contribution in [-0.4, -0.2) is 57.9 Å². The predicted molar refractivity (Wildman–Crippen MR) is 142 cm³/mol. The summed E-state index contributed by atoms with van der Waals surface area (Å²) in [5, 5.41) is 13.7. The highest BCUT2D eigenvalue weighted by Crippen LogP contribution is 2.45. The first-order valence-electron chi connectivity index (χ1n) is 12.0. The summed E-state index contributed by atoms with van der Waals surface area (Å²) < 4.78 is 7.26. The van der Waals surface area contributed by atoms with E-state index in [4.69, 9.17) is 4.74 Å². The van der Waals surface area contributed by atoms with Gasteiger partial charge < -0.3 is 29.3 Å². The highest BCUT2D eigenvalue weighted by atomic mass is 16.5. The predicted octanol–water partition coefficient (Wildman–Crippen LogP) is 2.50. The maximum absolute atomic E-state index is 12.7. The van der Waals surface area contributed by atoms with E-state index in [1.165, 1.54) is 0 Å². The second-order valence-electron chi connectivity index (χ2n) is 9.53. The molecule has 2 aromatic carbocycles. The fraction of sp³-hybridized carbons (Fsp3) is 0.370. The molecule has 36 heavy (non-hydrogen) atoms. The van der Waals surface area contributed by atoms with Gasteiger partial charge in [0.25, 0.3) is 5.56 Å². The average Bonchev–Trinajstić information content (AvgIpc) is 2.86. The number of nitrogens with zero attached hydrogens (tertiary/aromatic N) is 5. The van der Waals surface area contributed by atoms with Crippen LogP contribution in [0.25, 0.3) is 10.9 Å². The highest BCUT2D eigenvalue weighted by molar-refractivity contribution is 5.98. The number of hydrogen-bond donors (Lipinski definition) is 1. The van der Waals surface area contributed by atoms with Crippen LogP contribution in [-0.2, 0) is 11.8 Å². The first kappa shape index (κ1) is 23.5. The molecule has 2 aliphatic rings. The number of aryl methyl sites for hydroxylation is 2. The fourth-order valence-corrected chi connectivity index (χ4v) is 5.24. The van der Waals surface area contributed by atoms with E-state index >= 15 is 0 Å². The van der Waals surface area contributed by atoms with Crippen LogP contribution in [0.3, 0.4) is 0 Å². The Bertz CT molecular complexity index is 1480. The summed E-state index contributed by atoms with van der Waals surface area (Å²) in [6.07, 6.45) is 0. The summed E-state index contributed by atoms with van der Waals surface area (Å²) in [6, 6.07) is 12.2. The Morgan fingerprint density at radius 1 is 1.06 bits per heavy atom. The molecule has 1 N–H and O–H groups in total. The number of amides is 1. The van der Waals surface area contributed by atoms with Crippen molar-refractivity contribution >= 4 is 39.6 Å². The van der Waals surface area contributed by atoms with Crippen LogP contribution in [0.5, 0.6) is 5.75 Å². The molecule has 186 valence electrons. The summed E-state index contributed by atoms with van der Waals surface area (Å²) in [4.78, 5) is 31.1. The number of anilines is 4. The molecule has 2 aliphatic heterocycles. The van der Waals surface area contributed by atoms with Crippen molar-refractivity contribution in [2.24, 2.45) is 13.0 Å². The average molecular weight is 487 g/mol. The van der Waals surface area contributed by atoms with Crippen molar-refractivity contribution < 1.29 is 9.53 Å². The van der Waals surface area contributed by atoms with Crippen LogP contribution in [0.4, 0.5) is 22.7 Å². The first-order valence-corrected chi connectivity index (χ1v) is 12.0. The normalized spacial score (nSPS) is 15.4. The van der Waals surface area contributed by atoms with Crippen molar-refractivity contribution in [2.45, 2.75) is 6.92 Å². The highest BCUT2D eigenvalue weighted by Gasteiger charge is 2.35. The topological polar surface area (TPSA) is 93.8 Å². The Labute approximate surface area is 210 Å². The van der Waals surface area contributed by atoms with E-state index in [1.54, 1.807) is 25.8 Å². The minimum Gasteiger partial charge on any atom is -0.497 e. The summed E-state index contributed by atoms with van der Waals surface area (Å²) >= 11 is 0. The van der Waals surface area contributed by atoms with Gasteiger partial charge in [0.1, 0.15) is 11.8 Å². The van der Waals surface area contributed by atoms with E-state index in [1.807, 2.05) is 38.2 Å². The third-order valence-corrected chi connectivity index (χ3v) is 7.41. The number of nitrogens with one attached hydrogen (secondary N) is 1. The fourth-order valence-electron chi connectivity index (χ4n) is 5.24. The van der Waals surface area contributed by atoms with Gasteiger partial charge >= 0.3 is 0 Å². The van der Waals surface area contributed by atoms with Crippen LogP contribution in [0.15, 0.2) is 35.1 Å². The Balaban J connectivity index is 1.65. The molecular weight excluding hydrogens is 456 g/mol. The quantitative estimate of drug-likeness (QED) is 0.606. The van der Waals surface area contributed by atoms with Crippen molar-refractivity contribution in [3.05, 3.63) is 51.8 Å². The van der Waals surface area contributed by atoms with E-state index in [0.29, 0.717) is 36.5 Å². The van der Waals surface area contributed by atoms with Gasteiger partial charge in [-0.1, -0.05) is 0 Å². The Hall–Kier alpha value is -4.19. The molecule has 0 radical (unpaired) electrons. The number of pyridine rings is 1. The molecule has 0 bridgehead atoms. The third-order valence-electron chi connectivity index (χ3n) is 7.41. The number of carbonyl (C=O) groups is 1. The van der Waals surface area contributed by atoms with E-state index in [2.05, 4.69) is 32.2 Å². The van der Waals surface area contributed by atoms with Crippen molar-refractivity contribution in [2.75, 3.05) is 62.1 Å². The van der Waals surface area contributed by atoms with Crippen molar-refractivity contribution in [3.63, 3.8) is 0 Å². The Morgan fingerprint density at radius 3 is 2.47 bits per heavy atom. The molecule has 1 amide bonds. The van der Waals surface area contributed by atoms with E-state index in [9.17, 15) is 14.9 Å². The van der Waals surface area contributed by atoms with Gasteiger partial charge in [0.05, 0.1) is 46.9 Å². The van der Waals surface area contributed by atoms with Gasteiger partial charge in [0.2, 0.25) is 5.91 Å². The summed E-state index contributed by atoms with van der Waals surface area (Å²) in [7, 11) is 7.09. The summed E-state index contributed by atoms with van der Waals surface area (Å²) in [5.41, 5.74) is 5.70. The monoisotopic (exact) mass is 486 g/mol. The van der Waals surface area contributed by atoms with Gasteiger partial charge in [-0.05, 0) is 25.1 Å². The lowest BCUT2D eigenvalue weighted by molar-refractivity contribution is -0.125. The number of hydrogen-bond acceptors (Lipinski definition) is 7. The molecule has 3 aromatic rings. The van der Waals surface area contributed by atoms with Crippen molar-refractivity contribution in [1.82, 2.24) is 9.88 Å². The number of benzene rings is 2. The number of rotatable bonds is 4. The summed E-state index contributed by atoms with van der Waals surface area (Å²) in [6.45, 7) is 4.50. The third kappa shape index (κ3) is 3.61. The van der Waals surface area contributed by atoms with E-state index in [0.717, 1.165) is 40.2 Å². The lowest BCUT2D eigenvalue weighted by Crippen LogP contribution is -2.53. The molecule has 0 spiro atoms. The van der Waals surface area contributed by atoms with E-state index < -0.39 is 0 Å². The van der Waals surface area contributed by atoms with Gasteiger partial charge in [-0.2, -0.15) is 5.26 Å². The van der Waals surface area contributed by atoms with E-state index in [-0.39, 0.29) is 17.4 Å². The Morgan fingerprint density at radius 2 is 1.81 bits per heavy atom. The maximum Gasteiger partial charge on any atom is 0.253 e. The molecular formula is C27H30N6O3. The van der Waals surface area contributed by atoms with Crippen molar-refractivity contribution in [1.29, 1.82) is 5.26 Å². The lowest BCUT2D eigenvalue weighted by atomic mass is 9.96. The zero-order valence-corrected chi connectivity index (χ0v) is 21.3. The van der Waals surface area contributed by atoms with Crippen LogP contribution in [0.1, 0.15) is 11.1 Å². The molecule has 0 atom stereocenters. The smallest absolute Gasteiger partial charge is 0.253 e. The molecule has 5 rings (SSSR count). The standard InChI is InChI=1S/C27H30N6O3/c1-16-8-20-22(31(4)27(16)35)10-19(36-5)11-23(20)33-7-6-30(3)24-12-21(17(13-28)9-25(24)33)32-14-18(15-32)26(34)29-2/h8-12,18H,6-7,14-15H2,1-5H3,(H,29,34). The SMILES string of the molecule is CNC(=O)C1CN(c2cc3c(cc2C#N)N(c2cc(OC)cc4c2cc(C)c(=O)n4C)CCN3C)C1. The molecule has 1 aromatic heterocycles. The largest absolute Gasteiger partial charge is 0.497 e. The number of methoxy groups -OCH3 is 1. The van der Waals surface area contributed by atoms with Crippen LogP contribution in [0, 0.1) is 24.2 Å². The lowest BCUT2D eigenvalue weighted by Gasteiger charge is -2.42. The number of aromatic nitrogens is 1. The maximum atomic E-state index is 12.7. The molecule has 3 heterocycles. The number of likely N-dealkylation sites (N-methyl/N-ethyl adjacent to an activating group) is 1.